The SMILES string of the molecule is O=CC1CCCCCOOO1. The summed E-state index contributed by atoms with van der Waals surface area (Å²) >= 11 is 0. The Morgan fingerprint density at radius 3 is 3.00 bits per heavy atom. The quantitative estimate of drug-likeness (QED) is 0.424. The van der Waals surface area contributed by atoms with E-state index < -0.39 is 6.10 Å². The zero-order valence-corrected chi connectivity index (χ0v) is 6.32. The molecule has 1 unspecified atom stereocenters. The predicted molar refractivity (Wildman–Crippen MR) is 36.4 cm³/mol. The van der Waals surface area contributed by atoms with Gasteiger partial charge in [-0.25, -0.2) is 4.89 Å². The molecule has 11 heavy (non-hydrogen) atoms. The van der Waals surface area contributed by atoms with Crippen LogP contribution in [0.3, 0.4) is 0 Å². The van der Waals surface area contributed by atoms with Crippen LogP contribution in [0.1, 0.15) is 25.7 Å². The second-order valence-corrected chi connectivity index (χ2v) is 2.51. The van der Waals surface area contributed by atoms with Gasteiger partial charge in [-0.05, 0) is 12.8 Å². The van der Waals surface area contributed by atoms with Crippen LogP contribution in [0.4, 0.5) is 0 Å². The first-order valence-electron chi connectivity index (χ1n) is 3.83. The summed E-state index contributed by atoms with van der Waals surface area (Å²) in [4.78, 5) is 19.5. The molecule has 0 spiro atoms. The molecule has 0 bridgehead atoms. The van der Waals surface area contributed by atoms with E-state index in [0.29, 0.717) is 13.0 Å². The summed E-state index contributed by atoms with van der Waals surface area (Å²) in [6.07, 6.45) is 3.97. The van der Waals surface area contributed by atoms with E-state index in [9.17, 15) is 4.79 Å². The first kappa shape index (κ1) is 8.64. The summed E-state index contributed by atoms with van der Waals surface area (Å²) in [5.41, 5.74) is 0. The van der Waals surface area contributed by atoms with E-state index in [1.807, 2.05) is 0 Å². The van der Waals surface area contributed by atoms with Gasteiger partial charge in [0.2, 0.25) is 0 Å². The van der Waals surface area contributed by atoms with Crippen molar-refractivity contribution in [1.29, 1.82) is 0 Å². The predicted octanol–water partition coefficient (Wildman–Crippen LogP) is 1.01. The highest BCUT2D eigenvalue weighted by Crippen LogP contribution is 2.08. The van der Waals surface area contributed by atoms with Gasteiger partial charge in [0.15, 0.2) is 12.4 Å². The number of rotatable bonds is 1. The summed E-state index contributed by atoms with van der Waals surface area (Å²) in [6.45, 7) is 0.533. The van der Waals surface area contributed by atoms with E-state index >= 15 is 0 Å². The Morgan fingerprint density at radius 2 is 2.18 bits per heavy atom. The van der Waals surface area contributed by atoms with Gasteiger partial charge in [0.1, 0.15) is 0 Å². The van der Waals surface area contributed by atoms with Crippen molar-refractivity contribution in [2.45, 2.75) is 31.8 Å². The lowest BCUT2D eigenvalue weighted by molar-refractivity contribution is -0.519. The minimum atomic E-state index is -0.465. The summed E-state index contributed by atoms with van der Waals surface area (Å²) in [5.74, 6) is 0. The molecular formula is C7H12O4. The molecule has 1 rings (SSSR count). The van der Waals surface area contributed by atoms with Crippen LogP contribution >= 0.6 is 0 Å². The average Bonchev–Trinajstić information content (AvgIpc) is 2.16. The van der Waals surface area contributed by atoms with Crippen LogP contribution in [-0.2, 0) is 19.6 Å². The van der Waals surface area contributed by atoms with Gasteiger partial charge in [-0.2, -0.15) is 4.89 Å². The molecule has 4 nitrogen and oxygen atoms in total. The third kappa shape index (κ3) is 3.46. The lowest BCUT2D eigenvalue weighted by Crippen LogP contribution is -2.14. The second kappa shape index (κ2) is 5.23. The molecule has 1 aliphatic heterocycles. The van der Waals surface area contributed by atoms with Crippen molar-refractivity contribution in [3.05, 3.63) is 0 Å². The zero-order valence-electron chi connectivity index (χ0n) is 6.32. The van der Waals surface area contributed by atoms with Gasteiger partial charge in [0, 0.05) is 0 Å². The Kier molecular flexibility index (Phi) is 4.11. The molecule has 1 fully saturated rings. The normalized spacial score (nSPS) is 28.2. The Hall–Kier alpha value is -0.450. The molecule has 0 aliphatic carbocycles. The maximum absolute atomic E-state index is 10.3. The monoisotopic (exact) mass is 160 g/mol. The molecule has 0 aromatic rings. The molecule has 4 heteroatoms. The molecule has 1 aliphatic rings. The molecule has 0 saturated carbocycles. The Bertz CT molecular complexity index is 105. The van der Waals surface area contributed by atoms with Crippen LogP contribution in [0, 0.1) is 0 Å². The van der Waals surface area contributed by atoms with Crippen molar-refractivity contribution < 1.29 is 19.6 Å². The smallest absolute Gasteiger partial charge is 0.152 e. The fourth-order valence-electron chi connectivity index (χ4n) is 0.934. The zero-order chi connectivity index (χ0) is 7.94. The van der Waals surface area contributed by atoms with E-state index in [0.717, 1.165) is 25.5 Å². The molecule has 0 N–H and O–H groups in total. The largest absolute Gasteiger partial charge is 0.300 e. The van der Waals surface area contributed by atoms with Gasteiger partial charge >= 0.3 is 0 Å². The van der Waals surface area contributed by atoms with Crippen LogP contribution in [-0.4, -0.2) is 19.0 Å². The molecule has 1 saturated heterocycles. The standard InChI is InChI=1S/C7H12O4/c8-6-7-4-2-1-3-5-9-11-10-7/h6-7H,1-5H2. The minimum absolute atomic E-state index is 0.465. The van der Waals surface area contributed by atoms with E-state index in [2.05, 4.69) is 14.8 Å². The van der Waals surface area contributed by atoms with E-state index in [1.54, 1.807) is 0 Å². The Morgan fingerprint density at radius 1 is 1.27 bits per heavy atom. The van der Waals surface area contributed by atoms with Crippen molar-refractivity contribution >= 4 is 6.29 Å². The lowest BCUT2D eigenvalue weighted by atomic mass is 10.1. The summed E-state index contributed by atoms with van der Waals surface area (Å²) in [5, 5.41) is 4.33. The molecular weight excluding hydrogens is 148 g/mol. The van der Waals surface area contributed by atoms with Gasteiger partial charge < -0.3 is 4.79 Å². The summed E-state index contributed by atoms with van der Waals surface area (Å²) in [7, 11) is 0. The van der Waals surface area contributed by atoms with E-state index in [1.165, 1.54) is 0 Å². The number of hydrogen-bond acceptors (Lipinski definition) is 4. The molecule has 0 radical (unpaired) electrons. The highest BCUT2D eigenvalue weighted by Gasteiger charge is 2.10. The van der Waals surface area contributed by atoms with Crippen LogP contribution < -0.4 is 0 Å². The molecule has 1 atom stereocenters. The highest BCUT2D eigenvalue weighted by molar-refractivity contribution is 5.55. The van der Waals surface area contributed by atoms with Gasteiger partial charge in [-0.1, -0.05) is 17.9 Å². The van der Waals surface area contributed by atoms with Crippen LogP contribution in [0.5, 0.6) is 0 Å². The average molecular weight is 160 g/mol. The fourth-order valence-corrected chi connectivity index (χ4v) is 0.934. The molecule has 0 aromatic heterocycles. The third-order valence-electron chi connectivity index (χ3n) is 1.58. The molecule has 0 amide bonds. The van der Waals surface area contributed by atoms with Crippen LogP contribution in [0.25, 0.3) is 0 Å². The van der Waals surface area contributed by atoms with Crippen molar-refractivity contribution in [3.8, 4) is 0 Å². The first-order valence-corrected chi connectivity index (χ1v) is 3.83. The van der Waals surface area contributed by atoms with Crippen LogP contribution in [0.2, 0.25) is 0 Å². The molecule has 1 heterocycles. The molecule has 0 aromatic carbocycles. The molecule has 64 valence electrons. The third-order valence-corrected chi connectivity index (χ3v) is 1.58. The van der Waals surface area contributed by atoms with E-state index in [-0.39, 0.29) is 0 Å². The van der Waals surface area contributed by atoms with Crippen molar-refractivity contribution in [1.82, 2.24) is 0 Å². The maximum Gasteiger partial charge on any atom is 0.152 e. The number of aldehydes is 1. The maximum atomic E-state index is 10.3. The Labute approximate surface area is 65.3 Å². The van der Waals surface area contributed by atoms with Gasteiger partial charge in [0.25, 0.3) is 0 Å². The number of carbonyl (C=O) groups excluding carboxylic acids is 1. The topological polar surface area (TPSA) is 44.8 Å². The van der Waals surface area contributed by atoms with Gasteiger partial charge in [-0.15, -0.1) is 0 Å². The summed E-state index contributed by atoms with van der Waals surface area (Å²) in [6, 6.07) is 0. The van der Waals surface area contributed by atoms with Crippen LogP contribution in [0.15, 0.2) is 0 Å². The Balaban J connectivity index is 2.24. The highest BCUT2D eigenvalue weighted by atomic mass is 17.5. The number of hydrogen-bond donors (Lipinski definition) is 0. The van der Waals surface area contributed by atoms with Crippen molar-refractivity contribution in [2.24, 2.45) is 0 Å². The second-order valence-electron chi connectivity index (χ2n) is 2.51. The minimum Gasteiger partial charge on any atom is -0.300 e. The number of carbonyl (C=O) groups is 1. The fraction of sp³-hybridized carbons (Fsp3) is 0.857. The van der Waals surface area contributed by atoms with Gasteiger partial charge in [0.05, 0.1) is 6.61 Å². The summed E-state index contributed by atoms with van der Waals surface area (Å²) < 4.78 is 0. The lowest BCUT2D eigenvalue weighted by Gasteiger charge is -2.05. The van der Waals surface area contributed by atoms with Crippen molar-refractivity contribution in [3.63, 3.8) is 0 Å². The first-order chi connectivity index (χ1) is 5.43. The van der Waals surface area contributed by atoms with Gasteiger partial charge in [-0.3, -0.25) is 0 Å². The van der Waals surface area contributed by atoms with E-state index in [4.69, 9.17) is 0 Å². The van der Waals surface area contributed by atoms with Crippen molar-refractivity contribution in [2.75, 3.05) is 6.61 Å².